The molecule has 0 aliphatic carbocycles. The molecule has 0 radical (unpaired) electrons. The molecule has 4 heteroatoms. The fourth-order valence-electron chi connectivity index (χ4n) is 3.05. The number of anilines is 1. The number of hydrogen-bond acceptors (Lipinski definition) is 2. The summed E-state index contributed by atoms with van der Waals surface area (Å²) in [5.74, 6) is 1.26. The number of nitrogens with zero attached hydrogens (tertiary/aromatic N) is 1. The quantitative estimate of drug-likeness (QED) is 0.557. The number of benzene rings is 2. The second-order valence-electron chi connectivity index (χ2n) is 6.69. The largest absolute Gasteiger partial charge is 0.492 e. The van der Waals surface area contributed by atoms with Gasteiger partial charge in [-0.1, -0.05) is 59.6 Å². The number of rotatable bonds is 6. The van der Waals surface area contributed by atoms with Crippen LogP contribution in [0.1, 0.15) is 30.5 Å². The highest BCUT2D eigenvalue weighted by atomic mass is 79.9. The topological polar surface area (TPSA) is 12.5 Å². The van der Waals surface area contributed by atoms with E-state index < -0.39 is 0 Å². The van der Waals surface area contributed by atoms with Gasteiger partial charge in [0.1, 0.15) is 5.75 Å². The Morgan fingerprint density at radius 1 is 1.21 bits per heavy atom. The molecule has 1 aliphatic rings. The van der Waals surface area contributed by atoms with Crippen molar-refractivity contribution in [2.45, 2.75) is 32.1 Å². The van der Waals surface area contributed by atoms with Gasteiger partial charge in [0.2, 0.25) is 0 Å². The van der Waals surface area contributed by atoms with E-state index in [1.54, 1.807) is 0 Å². The van der Waals surface area contributed by atoms with Crippen molar-refractivity contribution in [1.29, 1.82) is 0 Å². The molecule has 2 aromatic carbocycles. The predicted molar refractivity (Wildman–Crippen MR) is 106 cm³/mol. The van der Waals surface area contributed by atoms with Gasteiger partial charge in [0, 0.05) is 24.1 Å². The average Bonchev–Trinajstić information content (AvgIpc) is 2.97. The summed E-state index contributed by atoms with van der Waals surface area (Å²) < 4.78 is 5.86. The number of alkyl halides is 1. The first kappa shape index (κ1) is 17.6. The van der Waals surface area contributed by atoms with Crippen molar-refractivity contribution in [3.05, 3.63) is 58.1 Å². The van der Waals surface area contributed by atoms with Gasteiger partial charge < -0.3 is 9.64 Å². The third-order valence-corrected chi connectivity index (χ3v) is 5.21. The van der Waals surface area contributed by atoms with E-state index in [4.69, 9.17) is 16.3 Å². The van der Waals surface area contributed by atoms with Crippen molar-refractivity contribution in [3.8, 4) is 5.75 Å². The van der Waals surface area contributed by atoms with Crippen LogP contribution in [0, 0.1) is 5.92 Å². The summed E-state index contributed by atoms with van der Waals surface area (Å²) in [6, 6.07) is 12.8. The molecule has 0 amide bonds. The molecule has 0 saturated carbocycles. The van der Waals surface area contributed by atoms with Gasteiger partial charge >= 0.3 is 0 Å². The van der Waals surface area contributed by atoms with E-state index in [1.165, 1.54) is 22.4 Å². The first-order valence-corrected chi connectivity index (χ1v) is 9.91. The molecule has 0 saturated heterocycles. The smallest absolute Gasteiger partial charge is 0.138 e. The zero-order valence-corrected chi connectivity index (χ0v) is 16.5. The summed E-state index contributed by atoms with van der Waals surface area (Å²) in [7, 11) is 0. The molecule has 128 valence electrons. The molecule has 1 heterocycles. The van der Waals surface area contributed by atoms with Crippen LogP contribution in [0.25, 0.3) is 0 Å². The minimum atomic E-state index is 0.481. The molecular formula is C20H23BrClNO. The predicted octanol–water partition coefficient (Wildman–Crippen LogP) is 5.83. The summed E-state index contributed by atoms with van der Waals surface area (Å²) in [5, 5.41) is 1.50. The van der Waals surface area contributed by atoms with Crippen LogP contribution in [0.4, 0.5) is 5.69 Å². The van der Waals surface area contributed by atoms with E-state index >= 15 is 0 Å². The Balaban J connectivity index is 1.82. The standard InChI is InChI=1S/C20H23BrClNO/c1-14(2)13-24-20-10-16(11-21)17(9-18(20)22)12-23-8-7-15-5-3-4-6-19(15)23/h3-6,9-10,14H,7-8,11-13H2,1-2H3. The molecule has 2 aromatic rings. The number of para-hydroxylation sites is 1. The van der Waals surface area contributed by atoms with Crippen LogP contribution in [0.2, 0.25) is 5.02 Å². The molecule has 0 N–H and O–H groups in total. The van der Waals surface area contributed by atoms with E-state index in [2.05, 4.69) is 71.1 Å². The Kier molecular flexibility index (Phi) is 5.72. The average molecular weight is 409 g/mol. The fourth-order valence-corrected chi connectivity index (χ4v) is 3.81. The molecular weight excluding hydrogens is 386 g/mol. The van der Waals surface area contributed by atoms with Gasteiger partial charge in [-0.3, -0.25) is 0 Å². The fraction of sp³-hybridized carbons (Fsp3) is 0.400. The number of ether oxygens (including phenoxy) is 1. The number of hydrogen-bond donors (Lipinski definition) is 0. The maximum atomic E-state index is 6.47. The van der Waals surface area contributed by atoms with Gasteiger partial charge in [0.15, 0.2) is 0 Å². The summed E-state index contributed by atoms with van der Waals surface area (Å²) in [6.45, 7) is 6.89. The van der Waals surface area contributed by atoms with Crippen molar-refractivity contribution in [3.63, 3.8) is 0 Å². The Morgan fingerprint density at radius 3 is 2.75 bits per heavy atom. The van der Waals surface area contributed by atoms with Crippen LogP contribution >= 0.6 is 27.5 Å². The van der Waals surface area contributed by atoms with Crippen LogP contribution in [0.15, 0.2) is 36.4 Å². The highest BCUT2D eigenvalue weighted by Gasteiger charge is 2.20. The van der Waals surface area contributed by atoms with Crippen molar-refractivity contribution in [2.75, 3.05) is 18.1 Å². The highest BCUT2D eigenvalue weighted by molar-refractivity contribution is 9.08. The monoisotopic (exact) mass is 407 g/mol. The zero-order valence-electron chi connectivity index (χ0n) is 14.2. The van der Waals surface area contributed by atoms with E-state index in [-0.39, 0.29) is 0 Å². The Labute approximate surface area is 157 Å². The first-order valence-electron chi connectivity index (χ1n) is 8.41. The van der Waals surface area contributed by atoms with E-state index in [0.29, 0.717) is 17.5 Å². The molecule has 0 aromatic heterocycles. The van der Waals surface area contributed by atoms with Gasteiger partial charge in [-0.05, 0) is 47.2 Å². The lowest BCUT2D eigenvalue weighted by atomic mass is 10.1. The minimum absolute atomic E-state index is 0.481. The lowest BCUT2D eigenvalue weighted by molar-refractivity contribution is 0.271. The Morgan fingerprint density at radius 2 is 2.00 bits per heavy atom. The first-order chi connectivity index (χ1) is 11.6. The summed E-state index contributed by atoms with van der Waals surface area (Å²) in [5.41, 5.74) is 5.27. The minimum Gasteiger partial charge on any atom is -0.492 e. The van der Waals surface area contributed by atoms with Crippen molar-refractivity contribution in [2.24, 2.45) is 5.92 Å². The lowest BCUT2D eigenvalue weighted by Gasteiger charge is -2.22. The molecule has 2 nitrogen and oxygen atoms in total. The maximum absolute atomic E-state index is 6.47. The molecule has 3 rings (SSSR count). The maximum Gasteiger partial charge on any atom is 0.138 e. The zero-order chi connectivity index (χ0) is 17.1. The molecule has 24 heavy (non-hydrogen) atoms. The van der Waals surface area contributed by atoms with Crippen molar-refractivity contribution in [1.82, 2.24) is 0 Å². The van der Waals surface area contributed by atoms with E-state index in [0.717, 1.165) is 30.6 Å². The van der Waals surface area contributed by atoms with Crippen LogP contribution in [-0.2, 0) is 18.3 Å². The molecule has 1 aliphatic heterocycles. The highest BCUT2D eigenvalue weighted by Crippen LogP contribution is 2.34. The SMILES string of the molecule is CC(C)COc1cc(CBr)c(CN2CCc3ccccc32)cc1Cl. The number of halogens is 2. The molecule has 0 spiro atoms. The van der Waals surface area contributed by atoms with E-state index in [1.807, 2.05) is 0 Å². The molecule has 0 atom stereocenters. The lowest BCUT2D eigenvalue weighted by Crippen LogP contribution is -2.20. The molecule has 0 fully saturated rings. The summed E-state index contributed by atoms with van der Waals surface area (Å²) in [6.07, 6.45) is 1.11. The second-order valence-corrected chi connectivity index (χ2v) is 7.66. The van der Waals surface area contributed by atoms with Crippen LogP contribution in [0.5, 0.6) is 5.75 Å². The summed E-state index contributed by atoms with van der Waals surface area (Å²) >= 11 is 10.1. The second kappa shape index (κ2) is 7.79. The molecule has 0 bridgehead atoms. The Bertz CT molecular complexity index is 717. The van der Waals surface area contributed by atoms with Gasteiger partial charge in [0.25, 0.3) is 0 Å². The van der Waals surface area contributed by atoms with Crippen molar-refractivity contribution >= 4 is 33.2 Å². The van der Waals surface area contributed by atoms with Crippen LogP contribution in [0.3, 0.4) is 0 Å². The van der Waals surface area contributed by atoms with Crippen LogP contribution < -0.4 is 9.64 Å². The number of fused-ring (bicyclic) bond motifs is 1. The van der Waals surface area contributed by atoms with Gasteiger partial charge in [-0.25, -0.2) is 0 Å². The van der Waals surface area contributed by atoms with Gasteiger partial charge in [0.05, 0.1) is 11.6 Å². The van der Waals surface area contributed by atoms with E-state index in [9.17, 15) is 0 Å². The Hall–Kier alpha value is -1.19. The molecule has 0 unspecified atom stereocenters. The third-order valence-electron chi connectivity index (χ3n) is 4.31. The van der Waals surface area contributed by atoms with Gasteiger partial charge in [-0.15, -0.1) is 0 Å². The summed E-state index contributed by atoms with van der Waals surface area (Å²) in [4.78, 5) is 2.43. The third kappa shape index (κ3) is 3.89. The van der Waals surface area contributed by atoms with Crippen molar-refractivity contribution < 1.29 is 4.74 Å². The normalized spacial score (nSPS) is 13.5. The van der Waals surface area contributed by atoms with Gasteiger partial charge in [-0.2, -0.15) is 0 Å². The van der Waals surface area contributed by atoms with Crippen LogP contribution in [-0.4, -0.2) is 13.2 Å².